The molecule has 2 aromatic carbocycles. The molecule has 0 aliphatic carbocycles. The summed E-state index contributed by atoms with van der Waals surface area (Å²) in [5.74, 6) is -0.907. The van der Waals surface area contributed by atoms with Crippen LogP contribution in [0.2, 0.25) is 0 Å². The molecule has 1 fully saturated rings. The van der Waals surface area contributed by atoms with Crippen molar-refractivity contribution >= 4 is 16.2 Å². The minimum Gasteiger partial charge on any atom is -0.491 e. The van der Waals surface area contributed by atoms with E-state index in [1.807, 2.05) is 36.1 Å². The molecule has 0 amide bonds. The van der Waals surface area contributed by atoms with Crippen molar-refractivity contribution < 1.29 is 27.0 Å². The highest BCUT2D eigenvalue weighted by Gasteiger charge is 2.20. The fourth-order valence-corrected chi connectivity index (χ4v) is 3.05. The third-order valence-electron chi connectivity index (χ3n) is 4.57. The first-order valence-corrected chi connectivity index (χ1v) is 10.4. The molecule has 7 nitrogen and oxygen atoms in total. The molecular weight excluding hydrogens is 416 g/mol. The highest BCUT2D eigenvalue weighted by Crippen LogP contribution is 2.19. The predicted octanol–water partition coefficient (Wildman–Crippen LogP) is 2.46. The van der Waals surface area contributed by atoms with Gasteiger partial charge in [-0.1, -0.05) is 17.7 Å². The second kappa shape index (κ2) is 11.6. The number of hydrogen-bond acceptors (Lipinski definition) is 7. The van der Waals surface area contributed by atoms with Crippen molar-refractivity contribution in [3.05, 3.63) is 59.7 Å². The molecule has 1 saturated heterocycles. The first-order valence-electron chi connectivity index (χ1n) is 9.35. The molecule has 0 bridgehead atoms. The fraction of sp³-hybridized carbons (Fsp3) is 0.400. The van der Waals surface area contributed by atoms with E-state index >= 15 is 0 Å². The van der Waals surface area contributed by atoms with E-state index in [1.165, 1.54) is 6.07 Å². The van der Waals surface area contributed by atoms with Gasteiger partial charge < -0.3 is 14.7 Å². The van der Waals surface area contributed by atoms with Gasteiger partial charge >= 0.3 is 10.5 Å². The minimum absolute atomic E-state index is 0.243. The summed E-state index contributed by atoms with van der Waals surface area (Å²) in [5.41, 5.74) is 1.85. The Morgan fingerprint density at radius 2 is 1.67 bits per heavy atom. The third-order valence-corrected chi connectivity index (χ3v) is 4.57. The largest absolute Gasteiger partial charge is 0.491 e. The van der Waals surface area contributed by atoms with E-state index < -0.39 is 28.2 Å². The fourth-order valence-electron chi connectivity index (χ4n) is 3.05. The molecule has 2 N–H and O–H groups in total. The van der Waals surface area contributed by atoms with Crippen LogP contribution >= 0.6 is 0 Å². The van der Waals surface area contributed by atoms with Crippen LogP contribution in [0.15, 0.2) is 42.5 Å². The SMILES string of the molecule is Cc1ccc(OCC(O)CN2CCN(c3ccc(F)c(F)c3)CC2)cc1.N=S(=O)=O. The van der Waals surface area contributed by atoms with Crippen LogP contribution in [-0.4, -0.2) is 63.9 Å². The monoisotopic (exact) mass is 441 g/mol. The summed E-state index contributed by atoms with van der Waals surface area (Å²) in [6, 6.07) is 11.7. The van der Waals surface area contributed by atoms with Gasteiger partial charge in [0, 0.05) is 44.5 Å². The predicted molar refractivity (Wildman–Crippen MR) is 109 cm³/mol. The zero-order chi connectivity index (χ0) is 22.1. The second-order valence-electron chi connectivity index (χ2n) is 6.90. The number of nitrogens with one attached hydrogen (secondary N) is 1. The maximum atomic E-state index is 13.4. The summed E-state index contributed by atoms with van der Waals surface area (Å²) in [5, 5.41) is 10.2. The summed E-state index contributed by atoms with van der Waals surface area (Å²) in [7, 11) is -2.61. The van der Waals surface area contributed by atoms with Gasteiger partial charge in [0.25, 0.3) is 0 Å². The molecule has 0 spiro atoms. The number of aryl methyl sites for hydroxylation is 1. The molecule has 2 aromatic rings. The van der Waals surface area contributed by atoms with Gasteiger partial charge in [-0.2, -0.15) is 13.2 Å². The smallest absolute Gasteiger partial charge is 0.308 e. The Labute approximate surface area is 176 Å². The van der Waals surface area contributed by atoms with Gasteiger partial charge in [-0.3, -0.25) is 4.90 Å². The molecule has 1 atom stereocenters. The average molecular weight is 442 g/mol. The van der Waals surface area contributed by atoms with Gasteiger partial charge in [0.1, 0.15) is 18.5 Å². The van der Waals surface area contributed by atoms with Gasteiger partial charge in [-0.15, -0.1) is 0 Å². The van der Waals surface area contributed by atoms with E-state index in [-0.39, 0.29) is 6.61 Å². The Hall–Kier alpha value is -2.56. The molecule has 1 unspecified atom stereocenters. The summed E-state index contributed by atoms with van der Waals surface area (Å²) < 4.78 is 54.9. The molecule has 1 heterocycles. The van der Waals surface area contributed by atoms with Gasteiger partial charge in [-0.25, -0.2) is 8.78 Å². The standard InChI is InChI=1S/C20H24F2N2O2.HNO2S/c1-15-2-5-18(6-3-15)26-14-17(25)13-23-8-10-24(11-9-23)16-4-7-19(21)20(22)12-16;1-4(2)3/h2-7,12,17,25H,8-11,13-14H2,1H3;1H. The van der Waals surface area contributed by atoms with Crippen LogP contribution in [-0.2, 0) is 10.5 Å². The molecule has 3 rings (SSSR count). The van der Waals surface area contributed by atoms with Crippen LogP contribution in [0.4, 0.5) is 14.5 Å². The number of aliphatic hydroxyl groups excluding tert-OH is 1. The van der Waals surface area contributed by atoms with Crippen molar-refractivity contribution in [2.24, 2.45) is 0 Å². The zero-order valence-electron chi connectivity index (χ0n) is 16.6. The van der Waals surface area contributed by atoms with E-state index in [0.29, 0.717) is 25.3 Å². The van der Waals surface area contributed by atoms with Crippen LogP contribution in [0.5, 0.6) is 5.75 Å². The lowest BCUT2D eigenvalue weighted by Crippen LogP contribution is -2.49. The third kappa shape index (κ3) is 8.05. The molecule has 164 valence electrons. The number of nitrogens with zero attached hydrogens (tertiary/aromatic N) is 2. The Bertz CT molecular complexity index is 912. The van der Waals surface area contributed by atoms with Crippen LogP contribution in [0, 0.1) is 23.3 Å². The Balaban J connectivity index is 0.000000735. The zero-order valence-corrected chi connectivity index (χ0v) is 17.4. The molecule has 0 aromatic heterocycles. The normalized spacial score (nSPS) is 15.1. The lowest BCUT2D eigenvalue weighted by molar-refractivity contribution is 0.0663. The molecular formula is C20H25F2N3O4S. The van der Waals surface area contributed by atoms with E-state index in [2.05, 4.69) is 4.90 Å². The number of β-amino-alcohol motifs (C(OH)–C–C–N with tert-alkyl or cyclic N) is 1. The Kier molecular flexibility index (Phi) is 9.15. The first kappa shape index (κ1) is 23.7. The Morgan fingerprint density at radius 1 is 1.07 bits per heavy atom. The number of piperazine rings is 1. The quantitative estimate of drug-likeness (QED) is 0.715. The van der Waals surface area contributed by atoms with Crippen LogP contribution in [0.1, 0.15) is 5.56 Å². The van der Waals surface area contributed by atoms with E-state index in [9.17, 15) is 13.9 Å². The molecule has 30 heavy (non-hydrogen) atoms. The number of benzene rings is 2. The number of ether oxygens (including phenoxy) is 1. The van der Waals surface area contributed by atoms with Gasteiger partial charge in [0.15, 0.2) is 11.6 Å². The van der Waals surface area contributed by atoms with Crippen molar-refractivity contribution in [1.82, 2.24) is 4.90 Å². The second-order valence-corrected chi connectivity index (χ2v) is 7.37. The first-order chi connectivity index (χ1) is 14.2. The van der Waals surface area contributed by atoms with Gasteiger partial charge in [0.2, 0.25) is 0 Å². The lowest BCUT2D eigenvalue weighted by Gasteiger charge is -2.36. The molecule has 10 heteroatoms. The van der Waals surface area contributed by atoms with E-state index in [0.717, 1.165) is 30.5 Å². The minimum atomic E-state index is -2.61. The number of hydrogen-bond donors (Lipinski definition) is 2. The van der Waals surface area contributed by atoms with Crippen molar-refractivity contribution in [2.45, 2.75) is 13.0 Å². The van der Waals surface area contributed by atoms with Crippen LogP contribution in [0.25, 0.3) is 0 Å². The van der Waals surface area contributed by atoms with Crippen molar-refractivity contribution in [2.75, 3.05) is 44.2 Å². The number of aliphatic hydroxyl groups is 1. The highest BCUT2D eigenvalue weighted by atomic mass is 32.2. The van der Waals surface area contributed by atoms with Crippen molar-refractivity contribution in [3.8, 4) is 5.75 Å². The summed E-state index contributed by atoms with van der Waals surface area (Å²) >= 11 is 0. The maximum absolute atomic E-state index is 13.4. The lowest BCUT2D eigenvalue weighted by atomic mass is 10.2. The molecule has 1 aliphatic heterocycles. The number of anilines is 1. The molecule has 0 radical (unpaired) electrons. The average Bonchev–Trinajstić information content (AvgIpc) is 2.70. The number of rotatable bonds is 6. The molecule has 1 aliphatic rings. The summed E-state index contributed by atoms with van der Waals surface area (Å²) in [6.45, 7) is 5.69. The number of halogens is 2. The molecule has 0 saturated carbocycles. The summed E-state index contributed by atoms with van der Waals surface area (Å²) in [4.78, 5) is 4.17. The van der Waals surface area contributed by atoms with Crippen molar-refractivity contribution in [3.63, 3.8) is 0 Å². The van der Waals surface area contributed by atoms with Gasteiger partial charge in [-0.05, 0) is 31.2 Å². The summed E-state index contributed by atoms with van der Waals surface area (Å²) in [6.07, 6.45) is -0.578. The van der Waals surface area contributed by atoms with Crippen molar-refractivity contribution in [1.29, 1.82) is 4.78 Å². The Morgan fingerprint density at radius 3 is 2.23 bits per heavy atom. The van der Waals surface area contributed by atoms with Crippen LogP contribution < -0.4 is 9.64 Å². The van der Waals surface area contributed by atoms with E-state index in [4.69, 9.17) is 17.9 Å². The maximum Gasteiger partial charge on any atom is 0.308 e. The highest BCUT2D eigenvalue weighted by molar-refractivity contribution is 7.60. The van der Waals surface area contributed by atoms with E-state index in [1.54, 1.807) is 6.07 Å². The topological polar surface area (TPSA) is 93.9 Å². The van der Waals surface area contributed by atoms with Crippen LogP contribution in [0.3, 0.4) is 0 Å². The van der Waals surface area contributed by atoms with Gasteiger partial charge in [0.05, 0.1) is 0 Å².